The first-order chi connectivity index (χ1) is 10.2. The molecule has 0 heterocycles. The minimum Gasteiger partial charge on any atom is -0.352 e. The van der Waals surface area contributed by atoms with Gasteiger partial charge in [-0.15, -0.1) is 0 Å². The normalized spacial score (nSPS) is 11.9. The van der Waals surface area contributed by atoms with Gasteiger partial charge in [-0.1, -0.05) is 32.0 Å². The van der Waals surface area contributed by atoms with Gasteiger partial charge in [0.1, 0.15) is 5.82 Å². The molecule has 0 bridgehead atoms. The quantitative estimate of drug-likeness (QED) is 0.790. The van der Waals surface area contributed by atoms with Gasteiger partial charge < -0.3 is 5.32 Å². The van der Waals surface area contributed by atoms with Gasteiger partial charge in [0.05, 0.1) is 6.26 Å². The van der Waals surface area contributed by atoms with Gasteiger partial charge in [0, 0.05) is 31.6 Å². The van der Waals surface area contributed by atoms with Crippen molar-refractivity contribution in [3.8, 4) is 0 Å². The van der Waals surface area contributed by atoms with Crippen LogP contribution in [0.4, 0.5) is 4.39 Å². The van der Waals surface area contributed by atoms with E-state index in [2.05, 4.69) is 5.32 Å². The summed E-state index contributed by atoms with van der Waals surface area (Å²) < 4.78 is 38.0. The molecule has 0 unspecified atom stereocenters. The van der Waals surface area contributed by atoms with Crippen LogP contribution < -0.4 is 5.32 Å². The van der Waals surface area contributed by atoms with Crippen molar-refractivity contribution in [2.45, 2.75) is 26.8 Å². The third-order valence-corrected chi connectivity index (χ3v) is 4.33. The molecule has 0 atom stereocenters. The van der Waals surface area contributed by atoms with Gasteiger partial charge in [-0.25, -0.2) is 17.1 Å². The molecule has 1 aromatic carbocycles. The summed E-state index contributed by atoms with van der Waals surface area (Å²) >= 11 is 0. The molecular weight excluding hydrogens is 307 g/mol. The highest BCUT2D eigenvalue weighted by atomic mass is 32.2. The fourth-order valence-corrected chi connectivity index (χ4v) is 2.94. The molecule has 22 heavy (non-hydrogen) atoms. The maximum atomic E-state index is 13.4. The van der Waals surface area contributed by atoms with Crippen LogP contribution in [0.2, 0.25) is 0 Å². The Morgan fingerprint density at radius 1 is 1.32 bits per heavy atom. The van der Waals surface area contributed by atoms with Crippen LogP contribution in [-0.4, -0.2) is 38.0 Å². The molecule has 0 spiro atoms. The fraction of sp³-hybridized carbons (Fsp3) is 0.533. The summed E-state index contributed by atoms with van der Waals surface area (Å²) in [7, 11) is -3.34. The Kier molecular flexibility index (Phi) is 6.96. The molecule has 5 nitrogen and oxygen atoms in total. The van der Waals surface area contributed by atoms with E-state index in [9.17, 15) is 17.6 Å². The zero-order valence-corrected chi connectivity index (χ0v) is 14.0. The smallest absolute Gasteiger partial charge is 0.221 e. The van der Waals surface area contributed by atoms with Crippen LogP contribution in [0.1, 0.15) is 25.8 Å². The summed E-state index contributed by atoms with van der Waals surface area (Å²) in [4.78, 5) is 11.8. The third kappa shape index (κ3) is 6.53. The minimum absolute atomic E-state index is 0.0498. The van der Waals surface area contributed by atoms with E-state index in [0.717, 1.165) is 6.26 Å². The van der Waals surface area contributed by atoms with Crippen molar-refractivity contribution in [1.29, 1.82) is 0 Å². The van der Waals surface area contributed by atoms with Crippen LogP contribution in [0.15, 0.2) is 24.3 Å². The Balaban J connectivity index is 2.49. The maximum absolute atomic E-state index is 13.4. The standard InChI is InChI=1S/C15H23FN2O3S/c1-12(2)11-18(22(3,20)21)9-8-15(19)17-10-13-6-4-5-7-14(13)16/h4-7,12H,8-11H2,1-3H3,(H,17,19). The second-order valence-electron chi connectivity index (χ2n) is 5.63. The number of nitrogens with zero attached hydrogens (tertiary/aromatic N) is 1. The van der Waals surface area contributed by atoms with E-state index in [4.69, 9.17) is 0 Å². The number of amides is 1. The van der Waals surface area contributed by atoms with Gasteiger partial charge in [0.15, 0.2) is 0 Å². The van der Waals surface area contributed by atoms with Crippen LogP contribution in [-0.2, 0) is 21.4 Å². The maximum Gasteiger partial charge on any atom is 0.221 e. The second-order valence-corrected chi connectivity index (χ2v) is 7.62. The highest BCUT2D eigenvalue weighted by molar-refractivity contribution is 7.88. The lowest BCUT2D eigenvalue weighted by molar-refractivity contribution is -0.121. The first kappa shape index (κ1) is 18.6. The van der Waals surface area contributed by atoms with Crippen molar-refractivity contribution in [2.75, 3.05) is 19.3 Å². The van der Waals surface area contributed by atoms with Gasteiger partial charge >= 0.3 is 0 Å². The van der Waals surface area contributed by atoms with Gasteiger partial charge in [0.2, 0.25) is 15.9 Å². The number of hydrogen-bond donors (Lipinski definition) is 1. The van der Waals surface area contributed by atoms with Crippen molar-refractivity contribution in [3.05, 3.63) is 35.6 Å². The Bertz CT molecular complexity index is 603. The average molecular weight is 330 g/mol. The molecular formula is C15H23FN2O3S. The first-order valence-corrected chi connectivity index (χ1v) is 9.00. The lowest BCUT2D eigenvalue weighted by Crippen LogP contribution is -2.36. The number of sulfonamides is 1. The number of hydrogen-bond acceptors (Lipinski definition) is 3. The molecule has 1 aromatic rings. The van der Waals surface area contributed by atoms with Gasteiger partial charge in [-0.2, -0.15) is 0 Å². The molecule has 0 aliphatic heterocycles. The Morgan fingerprint density at radius 3 is 2.50 bits per heavy atom. The van der Waals surface area contributed by atoms with E-state index < -0.39 is 10.0 Å². The summed E-state index contributed by atoms with van der Waals surface area (Å²) in [6.45, 7) is 4.42. The van der Waals surface area contributed by atoms with Crippen molar-refractivity contribution in [1.82, 2.24) is 9.62 Å². The molecule has 0 saturated heterocycles. The molecule has 0 aliphatic carbocycles. The number of rotatable bonds is 8. The molecule has 1 amide bonds. The lowest BCUT2D eigenvalue weighted by Gasteiger charge is -2.21. The third-order valence-electron chi connectivity index (χ3n) is 3.06. The zero-order valence-electron chi connectivity index (χ0n) is 13.2. The summed E-state index contributed by atoms with van der Waals surface area (Å²) in [6.07, 6.45) is 1.18. The molecule has 0 radical (unpaired) electrons. The monoisotopic (exact) mass is 330 g/mol. The number of nitrogens with one attached hydrogen (secondary N) is 1. The van der Waals surface area contributed by atoms with Crippen LogP contribution in [0, 0.1) is 11.7 Å². The van der Waals surface area contributed by atoms with E-state index in [1.54, 1.807) is 18.2 Å². The predicted molar refractivity (Wildman–Crippen MR) is 84.1 cm³/mol. The van der Waals surface area contributed by atoms with E-state index in [0.29, 0.717) is 12.1 Å². The number of halogens is 1. The molecule has 1 N–H and O–H groups in total. The SMILES string of the molecule is CC(C)CN(CCC(=O)NCc1ccccc1F)S(C)(=O)=O. The number of carbonyl (C=O) groups excluding carboxylic acids is 1. The van der Waals surface area contributed by atoms with Crippen molar-refractivity contribution in [3.63, 3.8) is 0 Å². The van der Waals surface area contributed by atoms with Gasteiger partial charge in [-0.05, 0) is 12.0 Å². The molecule has 0 aliphatic rings. The summed E-state index contributed by atoms with van der Waals surface area (Å²) in [5, 5.41) is 2.60. The van der Waals surface area contributed by atoms with Crippen molar-refractivity contribution < 1.29 is 17.6 Å². The molecule has 0 fully saturated rings. The van der Waals surface area contributed by atoms with E-state index in [-0.39, 0.29) is 37.2 Å². The minimum atomic E-state index is -3.34. The number of benzene rings is 1. The first-order valence-electron chi connectivity index (χ1n) is 7.15. The molecule has 124 valence electrons. The van der Waals surface area contributed by atoms with Crippen LogP contribution in [0.25, 0.3) is 0 Å². The largest absolute Gasteiger partial charge is 0.352 e. The van der Waals surface area contributed by atoms with Gasteiger partial charge in [0.25, 0.3) is 0 Å². The van der Waals surface area contributed by atoms with E-state index >= 15 is 0 Å². The van der Waals surface area contributed by atoms with Crippen LogP contribution in [0.3, 0.4) is 0 Å². The Labute approximate surface area is 131 Å². The highest BCUT2D eigenvalue weighted by Gasteiger charge is 2.18. The second kappa shape index (κ2) is 8.24. The molecule has 7 heteroatoms. The molecule has 1 rings (SSSR count). The summed E-state index contributed by atoms with van der Waals surface area (Å²) in [6, 6.07) is 6.20. The van der Waals surface area contributed by atoms with E-state index in [1.807, 2.05) is 13.8 Å². The molecule has 0 saturated carbocycles. The van der Waals surface area contributed by atoms with Gasteiger partial charge in [-0.3, -0.25) is 4.79 Å². The predicted octanol–water partition coefficient (Wildman–Crippen LogP) is 1.75. The highest BCUT2D eigenvalue weighted by Crippen LogP contribution is 2.07. The summed E-state index contributed by atoms with van der Waals surface area (Å²) in [5.74, 6) is -0.503. The Morgan fingerprint density at radius 2 is 1.95 bits per heavy atom. The zero-order chi connectivity index (χ0) is 16.8. The van der Waals surface area contributed by atoms with Crippen LogP contribution >= 0.6 is 0 Å². The Hall–Kier alpha value is -1.47. The topological polar surface area (TPSA) is 66.5 Å². The van der Waals surface area contributed by atoms with Crippen LogP contribution in [0.5, 0.6) is 0 Å². The van der Waals surface area contributed by atoms with Crippen molar-refractivity contribution in [2.24, 2.45) is 5.92 Å². The average Bonchev–Trinajstić information content (AvgIpc) is 2.41. The number of carbonyl (C=O) groups is 1. The van der Waals surface area contributed by atoms with E-state index in [1.165, 1.54) is 10.4 Å². The lowest BCUT2D eigenvalue weighted by atomic mass is 10.2. The fourth-order valence-electron chi connectivity index (χ4n) is 1.95. The van der Waals surface area contributed by atoms with Crippen molar-refractivity contribution >= 4 is 15.9 Å². The molecule has 0 aromatic heterocycles. The summed E-state index contributed by atoms with van der Waals surface area (Å²) in [5.41, 5.74) is 0.401.